The zero-order valence-electron chi connectivity index (χ0n) is 10.9. The van der Waals surface area contributed by atoms with Crippen LogP contribution in [-0.4, -0.2) is 10.0 Å². The van der Waals surface area contributed by atoms with E-state index >= 15 is 0 Å². The second kappa shape index (κ2) is 6.07. The van der Waals surface area contributed by atoms with Gasteiger partial charge in [-0.2, -0.15) is 0 Å². The van der Waals surface area contributed by atoms with Crippen LogP contribution in [0.1, 0.15) is 18.6 Å². The zero-order chi connectivity index (χ0) is 15.6. The average molecular weight is 312 g/mol. The number of ether oxygens (including phenoxy) is 1. The SMILES string of the molecule is CC(O)c1cc(F)ccc1Oc1cc(Cl)ccc1[N+](=O)[O-]. The van der Waals surface area contributed by atoms with Crippen LogP contribution in [0.5, 0.6) is 11.5 Å². The molecule has 0 radical (unpaired) electrons. The minimum Gasteiger partial charge on any atom is -0.450 e. The van der Waals surface area contributed by atoms with E-state index in [4.69, 9.17) is 16.3 Å². The van der Waals surface area contributed by atoms with E-state index in [1.165, 1.54) is 31.2 Å². The molecule has 110 valence electrons. The van der Waals surface area contributed by atoms with E-state index in [1.807, 2.05) is 0 Å². The van der Waals surface area contributed by atoms with Crippen molar-refractivity contribution in [3.05, 3.63) is 62.9 Å². The number of hydrogen-bond donors (Lipinski definition) is 1. The summed E-state index contributed by atoms with van der Waals surface area (Å²) in [5, 5.41) is 20.9. The smallest absolute Gasteiger partial charge is 0.311 e. The van der Waals surface area contributed by atoms with E-state index in [9.17, 15) is 19.6 Å². The maximum Gasteiger partial charge on any atom is 0.311 e. The summed E-state index contributed by atoms with van der Waals surface area (Å²) in [5.74, 6) is -0.503. The van der Waals surface area contributed by atoms with Crippen molar-refractivity contribution in [3.8, 4) is 11.5 Å². The van der Waals surface area contributed by atoms with Crippen LogP contribution in [0.25, 0.3) is 0 Å². The molecular weight excluding hydrogens is 301 g/mol. The molecule has 0 fully saturated rings. The highest BCUT2D eigenvalue weighted by Gasteiger charge is 2.19. The van der Waals surface area contributed by atoms with Crippen LogP contribution in [0.4, 0.5) is 10.1 Å². The summed E-state index contributed by atoms with van der Waals surface area (Å²) in [7, 11) is 0. The lowest BCUT2D eigenvalue weighted by Gasteiger charge is -2.13. The summed E-state index contributed by atoms with van der Waals surface area (Å²) in [5.41, 5.74) is -0.0930. The Balaban J connectivity index is 2.47. The number of aliphatic hydroxyl groups is 1. The molecule has 2 aromatic carbocycles. The summed E-state index contributed by atoms with van der Waals surface area (Å²) < 4.78 is 18.7. The first-order valence-corrected chi connectivity index (χ1v) is 6.35. The van der Waals surface area contributed by atoms with Crippen molar-refractivity contribution in [2.75, 3.05) is 0 Å². The van der Waals surface area contributed by atoms with Crippen LogP contribution in [0.2, 0.25) is 5.02 Å². The van der Waals surface area contributed by atoms with E-state index < -0.39 is 16.8 Å². The molecule has 1 unspecified atom stereocenters. The van der Waals surface area contributed by atoms with Crippen LogP contribution in [0, 0.1) is 15.9 Å². The van der Waals surface area contributed by atoms with Gasteiger partial charge < -0.3 is 9.84 Å². The van der Waals surface area contributed by atoms with Crippen molar-refractivity contribution >= 4 is 17.3 Å². The van der Waals surface area contributed by atoms with E-state index in [1.54, 1.807) is 0 Å². The Labute approximate surface area is 124 Å². The van der Waals surface area contributed by atoms with Gasteiger partial charge in [0.05, 0.1) is 11.0 Å². The van der Waals surface area contributed by atoms with E-state index in [-0.39, 0.29) is 27.8 Å². The molecule has 7 heteroatoms. The maximum atomic E-state index is 13.2. The Hall–Kier alpha value is -2.18. The molecule has 0 spiro atoms. The third-order valence-corrected chi connectivity index (χ3v) is 3.00. The van der Waals surface area contributed by atoms with Crippen LogP contribution >= 0.6 is 11.6 Å². The van der Waals surface area contributed by atoms with E-state index in [2.05, 4.69) is 0 Å². The standard InChI is InChI=1S/C14H11ClFNO4/c1-8(18)11-7-10(16)3-5-13(11)21-14-6-9(15)2-4-12(14)17(19)20/h2-8,18H,1H3. The topological polar surface area (TPSA) is 72.6 Å². The molecule has 0 saturated heterocycles. The third kappa shape index (κ3) is 3.48. The van der Waals surface area contributed by atoms with Crippen molar-refractivity contribution in [3.63, 3.8) is 0 Å². The fourth-order valence-electron chi connectivity index (χ4n) is 1.78. The number of nitro groups is 1. The minimum atomic E-state index is -0.992. The molecule has 1 atom stereocenters. The summed E-state index contributed by atoms with van der Waals surface area (Å²) >= 11 is 5.80. The highest BCUT2D eigenvalue weighted by molar-refractivity contribution is 6.30. The van der Waals surface area contributed by atoms with Crippen molar-refractivity contribution < 1.29 is 19.2 Å². The molecular formula is C14H11ClFNO4. The molecule has 0 bridgehead atoms. The van der Waals surface area contributed by atoms with Gasteiger partial charge in [-0.3, -0.25) is 10.1 Å². The Kier molecular flexibility index (Phi) is 4.40. The molecule has 5 nitrogen and oxygen atoms in total. The van der Waals surface area contributed by atoms with Gasteiger partial charge in [-0.15, -0.1) is 0 Å². The van der Waals surface area contributed by atoms with Gasteiger partial charge in [0.1, 0.15) is 11.6 Å². The zero-order valence-corrected chi connectivity index (χ0v) is 11.7. The molecule has 0 aromatic heterocycles. The average Bonchev–Trinajstić information content (AvgIpc) is 2.40. The highest BCUT2D eigenvalue weighted by atomic mass is 35.5. The number of hydrogen-bond acceptors (Lipinski definition) is 4. The molecule has 0 aliphatic carbocycles. The van der Waals surface area contributed by atoms with Crippen molar-refractivity contribution in [1.29, 1.82) is 0 Å². The molecule has 0 saturated carbocycles. The van der Waals surface area contributed by atoms with Gasteiger partial charge in [-0.05, 0) is 31.2 Å². The Morgan fingerprint density at radius 2 is 2.00 bits per heavy atom. The van der Waals surface area contributed by atoms with Gasteiger partial charge in [0.25, 0.3) is 0 Å². The molecule has 1 N–H and O–H groups in total. The normalized spacial score (nSPS) is 12.0. The van der Waals surface area contributed by atoms with Gasteiger partial charge in [-0.25, -0.2) is 4.39 Å². The lowest BCUT2D eigenvalue weighted by molar-refractivity contribution is -0.385. The Bertz CT molecular complexity index is 691. The van der Waals surface area contributed by atoms with Crippen LogP contribution in [0.3, 0.4) is 0 Å². The predicted octanol–water partition coefficient (Wildman–Crippen LogP) is 4.23. The van der Waals surface area contributed by atoms with Crippen molar-refractivity contribution in [2.45, 2.75) is 13.0 Å². The van der Waals surface area contributed by atoms with E-state index in [0.717, 1.165) is 12.1 Å². The highest BCUT2D eigenvalue weighted by Crippen LogP contribution is 2.36. The Morgan fingerprint density at radius 1 is 1.29 bits per heavy atom. The predicted molar refractivity (Wildman–Crippen MR) is 75.2 cm³/mol. The fourth-order valence-corrected chi connectivity index (χ4v) is 1.94. The lowest BCUT2D eigenvalue weighted by Crippen LogP contribution is -1.99. The van der Waals surface area contributed by atoms with Gasteiger partial charge in [-0.1, -0.05) is 11.6 Å². The number of nitro benzene ring substituents is 1. The first-order chi connectivity index (χ1) is 9.88. The van der Waals surface area contributed by atoms with Crippen LogP contribution < -0.4 is 4.74 Å². The number of benzene rings is 2. The number of aliphatic hydroxyl groups excluding tert-OH is 1. The number of rotatable bonds is 4. The summed E-state index contributed by atoms with van der Waals surface area (Å²) in [6, 6.07) is 7.40. The second-order valence-electron chi connectivity index (χ2n) is 4.33. The molecule has 0 aliphatic rings. The van der Waals surface area contributed by atoms with Gasteiger partial charge in [0, 0.05) is 22.7 Å². The minimum absolute atomic E-state index is 0.0824. The van der Waals surface area contributed by atoms with Gasteiger partial charge >= 0.3 is 5.69 Å². The summed E-state index contributed by atoms with van der Waals surface area (Å²) in [4.78, 5) is 10.4. The monoisotopic (exact) mass is 311 g/mol. The van der Waals surface area contributed by atoms with Crippen molar-refractivity contribution in [1.82, 2.24) is 0 Å². The summed E-state index contributed by atoms with van der Waals surface area (Å²) in [6.07, 6.45) is -0.992. The van der Waals surface area contributed by atoms with Gasteiger partial charge in [0.15, 0.2) is 0 Å². The second-order valence-corrected chi connectivity index (χ2v) is 4.77. The first-order valence-electron chi connectivity index (χ1n) is 5.98. The Morgan fingerprint density at radius 3 is 2.62 bits per heavy atom. The van der Waals surface area contributed by atoms with Crippen LogP contribution in [-0.2, 0) is 0 Å². The molecule has 2 aromatic rings. The van der Waals surface area contributed by atoms with E-state index in [0.29, 0.717) is 0 Å². The van der Waals surface area contributed by atoms with Crippen molar-refractivity contribution in [2.24, 2.45) is 0 Å². The molecule has 2 rings (SSSR count). The molecule has 0 amide bonds. The number of nitrogens with zero attached hydrogens (tertiary/aromatic N) is 1. The summed E-state index contributed by atoms with van der Waals surface area (Å²) in [6.45, 7) is 1.44. The molecule has 21 heavy (non-hydrogen) atoms. The first kappa shape index (κ1) is 15.2. The number of halogens is 2. The quantitative estimate of drug-likeness (QED) is 0.677. The maximum absolute atomic E-state index is 13.2. The largest absolute Gasteiger partial charge is 0.450 e. The molecule has 0 aliphatic heterocycles. The lowest BCUT2D eigenvalue weighted by atomic mass is 10.1. The third-order valence-electron chi connectivity index (χ3n) is 2.76. The molecule has 0 heterocycles. The fraction of sp³-hybridized carbons (Fsp3) is 0.143. The van der Waals surface area contributed by atoms with Crippen LogP contribution in [0.15, 0.2) is 36.4 Å². The van der Waals surface area contributed by atoms with Gasteiger partial charge in [0.2, 0.25) is 5.75 Å².